The Morgan fingerprint density at radius 1 is 1.19 bits per heavy atom. The summed E-state index contributed by atoms with van der Waals surface area (Å²) >= 11 is 0. The maximum absolute atomic E-state index is 11.6. The van der Waals surface area contributed by atoms with Gasteiger partial charge in [-0.25, -0.2) is 13.6 Å². The van der Waals surface area contributed by atoms with Gasteiger partial charge in [0.2, 0.25) is 10.0 Å². The SMILES string of the molecule is Cc1cccc(OCC2(CS(N)(=O)=O)CCCCCC2)c1. The molecule has 2 rings (SSSR count). The van der Waals surface area contributed by atoms with Crippen LogP contribution in [0.3, 0.4) is 0 Å². The van der Waals surface area contributed by atoms with E-state index in [-0.39, 0.29) is 11.2 Å². The molecule has 1 aliphatic carbocycles. The number of primary sulfonamides is 1. The predicted molar refractivity (Wildman–Crippen MR) is 84.8 cm³/mol. The first-order chi connectivity index (χ1) is 9.89. The highest BCUT2D eigenvalue weighted by atomic mass is 32.2. The Morgan fingerprint density at radius 3 is 2.43 bits per heavy atom. The minimum Gasteiger partial charge on any atom is -0.493 e. The number of hydrogen-bond donors (Lipinski definition) is 1. The number of benzene rings is 1. The third-order valence-electron chi connectivity index (χ3n) is 4.21. The third-order valence-corrected chi connectivity index (χ3v) is 5.22. The van der Waals surface area contributed by atoms with Crippen molar-refractivity contribution >= 4 is 10.0 Å². The minimum atomic E-state index is -3.49. The fraction of sp³-hybridized carbons (Fsp3) is 0.625. The van der Waals surface area contributed by atoms with E-state index in [1.807, 2.05) is 31.2 Å². The summed E-state index contributed by atoms with van der Waals surface area (Å²) in [4.78, 5) is 0. The number of aryl methyl sites for hydroxylation is 1. The average Bonchev–Trinajstić information content (AvgIpc) is 2.61. The zero-order chi connectivity index (χ0) is 15.3. The minimum absolute atomic E-state index is 0.0197. The average molecular weight is 311 g/mol. The fourth-order valence-electron chi connectivity index (χ4n) is 3.18. The molecule has 1 aromatic rings. The molecule has 0 amide bonds. The topological polar surface area (TPSA) is 69.4 Å². The molecule has 5 heteroatoms. The molecule has 118 valence electrons. The van der Waals surface area contributed by atoms with Crippen molar-refractivity contribution in [3.63, 3.8) is 0 Å². The van der Waals surface area contributed by atoms with Crippen LogP contribution in [0.5, 0.6) is 5.75 Å². The number of sulfonamides is 1. The number of ether oxygens (including phenoxy) is 1. The van der Waals surface area contributed by atoms with Gasteiger partial charge in [0.05, 0.1) is 12.4 Å². The van der Waals surface area contributed by atoms with Gasteiger partial charge in [0.25, 0.3) is 0 Å². The van der Waals surface area contributed by atoms with E-state index in [1.165, 1.54) is 0 Å². The van der Waals surface area contributed by atoms with E-state index in [1.54, 1.807) is 0 Å². The maximum Gasteiger partial charge on any atom is 0.209 e. The first-order valence-electron chi connectivity index (χ1n) is 7.59. The van der Waals surface area contributed by atoms with E-state index in [9.17, 15) is 8.42 Å². The smallest absolute Gasteiger partial charge is 0.209 e. The van der Waals surface area contributed by atoms with Gasteiger partial charge in [-0.05, 0) is 37.5 Å². The van der Waals surface area contributed by atoms with Gasteiger partial charge in [0.1, 0.15) is 5.75 Å². The second kappa shape index (κ2) is 6.79. The molecule has 0 aliphatic heterocycles. The summed E-state index contributed by atoms with van der Waals surface area (Å²) in [7, 11) is -3.49. The highest BCUT2D eigenvalue weighted by Crippen LogP contribution is 2.36. The second-order valence-corrected chi connectivity index (χ2v) is 7.94. The Bertz CT molecular complexity index is 561. The molecular formula is C16H25NO3S. The van der Waals surface area contributed by atoms with Gasteiger partial charge in [-0.1, -0.05) is 37.8 Å². The van der Waals surface area contributed by atoms with E-state index in [4.69, 9.17) is 9.88 Å². The first kappa shape index (κ1) is 16.3. The molecule has 0 unspecified atom stereocenters. The summed E-state index contributed by atoms with van der Waals surface area (Å²) in [5.41, 5.74) is 0.794. The molecule has 1 aliphatic rings. The van der Waals surface area contributed by atoms with Crippen LogP contribution >= 0.6 is 0 Å². The quantitative estimate of drug-likeness (QED) is 0.850. The lowest BCUT2D eigenvalue weighted by Crippen LogP contribution is -2.38. The van der Waals surface area contributed by atoms with Gasteiger partial charge >= 0.3 is 0 Å². The highest BCUT2D eigenvalue weighted by molar-refractivity contribution is 7.89. The van der Waals surface area contributed by atoms with Crippen LogP contribution in [0.25, 0.3) is 0 Å². The van der Waals surface area contributed by atoms with E-state index in [0.29, 0.717) is 6.61 Å². The molecule has 1 aromatic carbocycles. The van der Waals surface area contributed by atoms with Crippen LogP contribution in [-0.4, -0.2) is 20.8 Å². The van der Waals surface area contributed by atoms with Crippen LogP contribution in [0.15, 0.2) is 24.3 Å². The Hall–Kier alpha value is -1.07. The number of rotatable bonds is 5. The van der Waals surface area contributed by atoms with Crippen LogP contribution in [0.4, 0.5) is 0 Å². The molecule has 0 bridgehead atoms. The van der Waals surface area contributed by atoms with E-state index < -0.39 is 10.0 Å². The summed E-state index contributed by atoms with van der Waals surface area (Å²) in [6.07, 6.45) is 6.16. The van der Waals surface area contributed by atoms with Gasteiger partial charge in [0, 0.05) is 5.41 Å². The van der Waals surface area contributed by atoms with Crippen LogP contribution < -0.4 is 9.88 Å². The Kier molecular flexibility index (Phi) is 5.27. The van der Waals surface area contributed by atoms with Crippen molar-refractivity contribution in [3.05, 3.63) is 29.8 Å². The monoisotopic (exact) mass is 311 g/mol. The van der Waals surface area contributed by atoms with Gasteiger partial charge in [-0.15, -0.1) is 0 Å². The standard InChI is InChI=1S/C16H25NO3S/c1-14-7-6-8-15(11-14)20-12-16(13-21(17,18)19)9-4-2-3-5-10-16/h6-8,11H,2-5,9-10,12-13H2,1H3,(H2,17,18,19). The van der Waals surface area contributed by atoms with E-state index in [2.05, 4.69) is 0 Å². The van der Waals surface area contributed by atoms with Crippen LogP contribution in [0, 0.1) is 12.3 Å². The van der Waals surface area contributed by atoms with Crippen molar-refractivity contribution in [1.82, 2.24) is 0 Å². The van der Waals surface area contributed by atoms with Crippen LogP contribution in [0.2, 0.25) is 0 Å². The normalized spacial score (nSPS) is 19.0. The van der Waals surface area contributed by atoms with Gasteiger partial charge in [-0.2, -0.15) is 0 Å². The second-order valence-electron chi connectivity index (χ2n) is 6.33. The summed E-state index contributed by atoms with van der Waals surface area (Å²) in [5, 5.41) is 5.31. The Labute approximate surface area is 127 Å². The molecule has 0 heterocycles. The number of hydrogen-bond acceptors (Lipinski definition) is 3. The van der Waals surface area contributed by atoms with E-state index >= 15 is 0 Å². The Morgan fingerprint density at radius 2 is 1.86 bits per heavy atom. The zero-order valence-corrected chi connectivity index (χ0v) is 13.5. The largest absolute Gasteiger partial charge is 0.493 e. The van der Waals surface area contributed by atoms with Crippen molar-refractivity contribution in [2.24, 2.45) is 10.6 Å². The molecule has 0 atom stereocenters. The van der Waals surface area contributed by atoms with Gasteiger partial charge in [0.15, 0.2) is 0 Å². The molecular weight excluding hydrogens is 286 g/mol. The summed E-state index contributed by atoms with van der Waals surface area (Å²) in [6, 6.07) is 7.85. The molecule has 0 radical (unpaired) electrons. The van der Waals surface area contributed by atoms with Crippen molar-refractivity contribution in [2.45, 2.75) is 45.4 Å². The molecule has 1 fully saturated rings. The molecule has 0 saturated heterocycles. The lowest BCUT2D eigenvalue weighted by Gasteiger charge is -2.31. The summed E-state index contributed by atoms with van der Waals surface area (Å²) in [5.74, 6) is 0.819. The molecule has 4 nitrogen and oxygen atoms in total. The van der Waals surface area contributed by atoms with Crippen molar-refractivity contribution in [3.8, 4) is 5.75 Å². The lowest BCUT2D eigenvalue weighted by atomic mass is 9.83. The van der Waals surface area contributed by atoms with Crippen LogP contribution in [0.1, 0.15) is 44.1 Å². The summed E-state index contributed by atoms with van der Waals surface area (Å²) in [6.45, 7) is 2.44. The van der Waals surface area contributed by atoms with Gasteiger partial charge < -0.3 is 4.74 Å². The van der Waals surface area contributed by atoms with Gasteiger partial charge in [-0.3, -0.25) is 0 Å². The predicted octanol–water partition coefficient (Wildman–Crippen LogP) is 3.00. The molecule has 0 spiro atoms. The Balaban J connectivity index is 2.11. The molecule has 1 saturated carbocycles. The van der Waals surface area contributed by atoms with Crippen LogP contribution in [-0.2, 0) is 10.0 Å². The fourth-order valence-corrected chi connectivity index (χ4v) is 4.40. The lowest BCUT2D eigenvalue weighted by molar-refractivity contribution is 0.146. The third kappa shape index (κ3) is 5.32. The highest BCUT2D eigenvalue weighted by Gasteiger charge is 2.35. The number of nitrogens with two attached hydrogens (primary N) is 1. The molecule has 21 heavy (non-hydrogen) atoms. The van der Waals surface area contributed by atoms with Crippen molar-refractivity contribution < 1.29 is 13.2 Å². The van der Waals surface area contributed by atoms with Crippen molar-refractivity contribution in [2.75, 3.05) is 12.4 Å². The first-order valence-corrected chi connectivity index (χ1v) is 9.30. The molecule has 2 N–H and O–H groups in total. The van der Waals surface area contributed by atoms with E-state index in [0.717, 1.165) is 49.8 Å². The molecule has 0 aromatic heterocycles. The van der Waals surface area contributed by atoms with Crippen molar-refractivity contribution in [1.29, 1.82) is 0 Å². The summed E-state index contributed by atoms with van der Waals surface area (Å²) < 4.78 is 29.1. The zero-order valence-electron chi connectivity index (χ0n) is 12.7. The maximum atomic E-state index is 11.6.